The topological polar surface area (TPSA) is 35.2 Å². The molecule has 2 aromatic carbocycles. The molecular formula is C19H27NOSi. The summed E-state index contributed by atoms with van der Waals surface area (Å²) in [5.41, 5.74) is 5.88. The van der Waals surface area contributed by atoms with Crippen molar-refractivity contribution in [3.05, 3.63) is 60.7 Å². The van der Waals surface area contributed by atoms with Crippen molar-refractivity contribution in [2.45, 2.75) is 38.8 Å². The van der Waals surface area contributed by atoms with Crippen LogP contribution in [0, 0.1) is 0 Å². The van der Waals surface area contributed by atoms with Gasteiger partial charge in [-0.15, -0.1) is 0 Å². The van der Waals surface area contributed by atoms with Gasteiger partial charge in [0.05, 0.1) is 6.10 Å². The standard InChI is InChI=1S/C19H27NOSi/c1-16(15-20)21-22(19(2,3)4,17-11-7-5-8-12-17)18-13-9-6-10-14-18/h5-14,16H,15,20H2,1-4H3. The fourth-order valence-corrected chi connectivity index (χ4v) is 7.76. The summed E-state index contributed by atoms with van der Waals surface area (Å²) in [5.74, 6) is 0. The van der Waals surface area contributed by atoms with Gasteiger partial charge in [0, 0.05) is 6.54 Å². The summed E-state index contributed by atoms with van der Waals surface area (Å²) in [5, 5.41) is 2.61. The van der Waals surface area contributed by atoms with Crippen molar-refractivity contribution in [1.82, 2.24) is 0 Å². The van der Waals surface area contributed by atoms with Crippen molar-refractivity contribution >= 4 is 18.7 Å². The van der Waals surface area contributed by atoms with E-state index in [0.29, 0.717) is 6.54 Å². The molecule has 0 amide bonds. The molecule has 0 aliphatic rings. The number of rotatable bonds is 5. The number of hydrogen-bond acceptors (Lipinski definition) is 2. The Balaban J connectivity index is 2.70. The summed E-state index contributed by atoms with van der Waals surface area (Å²) in [6, 6.07) is 21.3. The molecular weight excluding hydrogens is 286 g/mol. The monoisotopic (exact) mass is 313 g/mol. The van der Waals surface area contributed by atoms with E-state index in [1.165, 1.54) is 10.4 Å². The second-order valence-electron chi connectivity index (χ2n) is 6.83. The summed E-state index contributed by atoms with van der Waals surface area (Å²) in [4.78, 5) is 0. The van der Waals surface area contributed by atoms with Gasteiger partial charge in [-0.1, -0.05) is 81.4 Å². The summed E-state index contributed by atoms with van der Waals surface area (Å²) in [6.07, 6.45) is 0.0336. The van der Waals surface area contributed by atoms with E-state index in [9.17, 15) is 0 Å². The van der Waals surface area contributed by atoms with Crippen molar-refractivity contribution in [2.75, 3.05) is 6.54 Å². The molecule has 0 aromatic heterocycles. The number of nitrogens with two attached hydrogens (primary N) is 1. The maximum Gasteiger partial charge on any atom is 0.261 e. The first-order valence-corrected chi connectivity index (χ1v) is 9.81. The zero-order valence-electron chi connectivity index (χ0n) is 14.0. The molecule has 3 heteroatoms. The van der Waals surface area contributed by atoms with Crippen molar-refractivity contribution in [3.8, 4) is 0 Å². The minimum absolute atomic E-state index is 0.0130. The molecule has 0 saturated carbocycles. The van der Waals surface area contributed by atoms with E-state index in [2.05, 4.69) is 88.4 Å². The van der Waals surface area contributed by atoms with E-state index < -0.39 is 8.32 Å². The smallest absolute Gasteiger partial charge is 0.261 e. The summed E-state index contributed by atoms with van der Waals surface area (Å²) in [7, 11) is -2.41. The van der Waals surface area contributed by atoms with Gasteiger partial charge in [0.25, 0.3) is 8.32 Å². The molecule has 22 heavy (non-hydrogen) atoms. The normalized spacial score (nSPS) is 13.9. The Morgan fingerprint density at radius 1 is 0.909 bits per heavy atom. The average molecular weight is 314 g/mol. The highest BCUT2D eigenvalue weighted by Gasteiger charge is 2.50. The molecule has 0 spiro atoms. The van der Waals surface area contributed by atoms with Crippen LogP contribution in [0.2, 0.25) is 5.04 Å². The van der Waals surface area contributed by atoms with Gasteiger partial charge in [0.1, 0.15) is 0 Å². The van der Waals surface area contributed by atoms with Crippen LogP contribution in [0.4, 0.5) is 0 Å². The molecule has 0 saturated heterocycles. The minimum atomic E-state index is -2.41. The number of hydrogen-bond donors (Lipinski definition) is 1. The molecule has 2 nitrogen and oxygen atoms in total. The van der Waals surface area contributed by atoms with Gasteiger partial charge in [-0.3, -0.25) is 0 Å². The maximum atomic E-state index is 6.74. The molecule has 118 valence electrons. The van der Waals surface area contributed by atoms with Crippen molar-refractivity contribution < 1.29 is 4.43 Å². The van der Waals surface area contributed by atoms with Gasteiger partial charge in [0.2, 0.25) is 0 Å². The lowest BCUT2D eigenvalue weighted by Gasteiger charge is -2.44. The Hall–Kier alpha value is -1.42. The molecule has 2 N–H and O–H groups in total. The van der Waals surface area contributed by atoms with E-state index in [4.69, 9.17) is 10.2 Å². The number of benzene rings is 2. The molecule has 2 rings (SSSR count). The van der Waals surface area contributed by atoms with Gasteiger partial charge < -0.3 is 10.2 Å². The fourth-order valence-electron chi connectivity index (χ4n) is 3.04. The summed E-state index contributed by atoms with van der Waals surface area (Å²) >= 11 is 0. The second kappa shape index (κ2) is 6.78. The lowest BCUT2D eigenvalue weighted by atomic mass is 10.2. The lowest BCUT2D eigenvalue weighted by Crippen LogP contribution is -2.67. The third kappa shape index (κ3) is 3.17. The second-order valence-corrected chi connectivity index (χ2v) is 11.1. The fraction of sp³-hybridized carbons (Fsp3) is 0.368. The van der Waals surface area contributed by atoms with Gasteiger partial charge in [-0.2, -0.15) is 0 Å². The molecule has 0 fully saturated rings. The van der Waals surface area contributed by atoms with E-state index in [1.807, 2.05) is 0 Å². The van der Waals surface area contributed by atoms with Crippen LogP contribution in [0.25, 0.3) is 0 Å². The first kappa shape index (κ1) is 16.9. The van der Waals surface area contributed by atoms with Gasteiger partial charge in [-0.25, -0.2) is 0 Å². The highest BCUT2D eigenvalue weighted by atomic mass is 28.4. The van der Waals surface area contributed by atoms with Crippen molar-refractivity contribution in [3.63, 3.8) is 0 Å². The SMILES string of the molecule is CC(CN)O[Si](c1ccccc1)(c1ccccc1)C(C)(C)C. The summed E-state index contributed by atoms with van der Waals surface area (Å²) in [6.45, 7) is 9.44. The highest BCUT2D eigenvalue weighted by Crippen LogP contribution is 2.37. The quantitative estimate of drug-likeness (QED) is 0.862. The predicted octanol–water partition coefficient (Wildman–Crippen LogP) is 2.91. The molecule has 1 unspecified atom stereocenters. The molecule has 0 aliphatic heterocycles. The van der Waals surface area contributed by atoms with Crippen LogP contribution < -0.4 is 16.1 Å². The molecule has 0 aliphatic carbocycles. The molecule has 1 atom stereocenters. The minimum Gasteiger partial charge on any atom is -0.403 e. The van der Waals surface area contributed by atoms with Crippen LogP contribution in [-0.4, -0.2) is 21.0 Å². The summed E-state index contributed by atoms with van der Waals surface area (Å²) < 4.78 is 6.74. The van der Waals surface area contributed by atoms with Gasteiger partial charge in [-0.05, 0) is 22.3 Å². The van der Waals surface area contributed by atoms with Crippen LogP contribution in [0.15, 0.2) is 60.7 Å². The maximum absolute atomic E-state index is 6.74. The van der Waals surface area contributed by atoms with Gasteiger partial charge >= 0.3 is 0 Å². The third-order valence-electron chi connectivity index (χ3n) is 4.13. The molecule has 2 aromatic rings. The van der Waals surface area contributed by atoms with Gasteiger partial charge in [0.15, 0.2) is 0 Å². The van der Waals surface area contributed by atoms with Crippen LogP contribution in [-0.2, 0) is 4.43 Å². The predicted molar refractivity (Wildman–Crippen MR) is 97.2 cm³/mol. The van der Waals surface area contributed by atoms with Crippen LogP contribution in [0.3, 0.4) is 0 Å². The zero-order valence-corrected chi connectivity index (χ0v) is 15.0. The first-order valence-electron chi connectivity index (χ1n) is 7.91. The van der Waals surface area contributed by atoms with E-state index in [0.717, 1.165) is 0 Å². The Morgan fingerprint density at radius 3 is 1.64 bits per heavy atom. The van der Waals surface area contributed by atoms with E-state index in [1.54, 1.807) is 0 Å². The largest absolute Gasteiger partial charge is 0.403 e. The molecule has 0 bridgehead atoms. The van der Waals surface area contributed by atoms with Crippen LogP contribution in [0.1, 0.15) is 27.7 Å². The first-order chi connectivity index (χ1) is 10.4. The van der Waals surface area contributed by atoms with Crippen LogP contribution in [0.5, 0.6) is 0 Å². The Bertz CT molecular complexity index is 538. The van der Waals surface area contributed by atoms with Crippen LogP contribution >= 0.6 is 0 Å². The average Bonchev–Trinajstić information content (AvgIpc) is 2.52. The Labute approximate surface area is 135 Å². The molecule has 0 radical (unpaired) electrons. The van der Waals surface area contributed by atoms with E-state index >= 15 is 0 Å². The Kier molecular flexibility index (Phi) is 5.22. The van der Waals surface area contributed by atoms with E-state index in [-0.39, 0.29) is 11.1 Å². The van der Waals surface area contributed by atoms with Crippen molar-refractivity contribution in [1.29, 1.82) is 0 Å². The Morgan fingerprint density at radius 2 is 1.32 bits per heavy atom. The van der Waals surface area contributed by atoms with Crippen molar-refractivity contribution in [2.24, 2.45) is 5.73 Å². The third-order valence-corrected chi connectivity index (χ3v) is 9.29. The zero-order chi connectivity index (χ0) is 16.2. The lowest BCUT2D eigenvalue weighted by molar-refractivity contribution is 0.214. The highest BCUT2D eigenvalue weighted by molar-refractivity contribution is 6.99. The molecule has 0 heterocycles.